The van der Waals surface area contributed by atoms with Crippen molar-refractivity contribution >= 4 is 21.6 Å². The van der Waals surface area contributed by atoms with Gasteiger partial charge in [0.25, 0.3) is 0 Å². The minimum absolute atomic E-state index is 0.00241. The zero-order valence-corrected chi connectivity index (χ0v) is 20.1. The second kappa shape index (κ2) is 11.0. The Labute approximate surface area is 201 Å². The predicted molar refractivity (Wildman–Crippen MR) is 131 cm³/mol. The highest BCUT2D eigenvalue weighted by atomic mass is 32.2. The zero-order valence-electron chi connectivity index (χ0n) is 19.3. The molecule has 2 aromatic carbocycles. The summed E-state index contributed by atoms with van der Waals surface area (Å²) in [5.74, 6) is -0.190. The first-order valence-corrected chi connectivity index (χ1v) is 13.2. The Morgan fingerprint density at radius 1 is 0.941 bits per heavy atom. The fourth-order valence-electron chi connectivity index (χ4n) is 4.63. The van der Waals surface area contributed by atoms with Gasteiger partial charge < -0.3 is 10.2 Å². The van der Waals surface area contributed by atoms with Gasteiger partial charge in [0.2, 0.25) is 15.9 Å². The van der Waals surface area contributed by atoms with Crippen molar-refractivity contribution in [2.45, 2.75) is 17.7 Å². The van der Waals surface area contributed by atoms with E-state index in [1.807, 2.05) is 12.1 Å². The van der Waals surface area contributed by atoms with Crippen LogP contribution in [0.2, 0.25) is 0 Å². The highest BCUT2D eigenvalue weighted by Crippen LogP contribution is 2.25. The van der Waals surface area contributed by atoms with Crippen molar-refractivity contribution in [1.82, 2.24) is 14.5 Å². The summed E-state index contributed by atoms with van der Waals surface area (Å²) in [6.07, 6.45) is 0.963. The van der Waals surface area contributed by atoms with Crippen molar-refractivity contribution in [3.63, 3.8) is 0 Å². The highest BCUT2D eigenvalue weighted by molar-refractivity contribution is 7.89. The molecule has 0 unspecified atom stereocenters. The molecule has 0 atom stereocenters. The second-order valence-electron chi connectivity index (χ2n) is 8.74. The van der Waals surface area contributed by atoms with Crippen molar-refractivity contribution < 1.29 is 13.2 Å². The lowest BCUT2D eigenvalue weighted by molar-refractivity contribution is -0.126. The summed E-state index contributed by atoms with van der Waals surface area (Å²) in [6.45, 7) is 5.84. The van der Waals surface area contributed by atoms with Crippen LogP contribution in [0.1, 0.15) is 18.4 Å². The van der Waals surface area contributed by atoms with Gasteiger partial charge >= 0.3 is 0 Å². The summed E-state index contributed by atoms with van der Waals surface area (Å²) < 4.78 is 27.3. The van der Waals surface area contributed by atoms with Gasteiger partial charge in [-0.05, 0) is 37.1 Å². The summed E-state index contributed by atoms with van der Waals surface area (Å²) in [5, 5.41) is 12.3. The first-order valence-electron chi connectivity index (χ1n) is 11.8. The molecule has 2 aliphatic rings. The van der Waals surface area contributed by atoms with Gasteiger partial charge in [0.05, 0.1) is 10.5 Å². The summed E-state index contributed by atoms with van der Waals surface area (Å²) in [4.78, 5) is 17.4. The zero-order chi connectivity index (χ0) is 24.0. The van der Waals surface area contributed by atoms with Crippen molar-refractivity contribution in [2.75, 3.05) is 57.3 Å². The van der Waals surface area contributed by atoms with Crippen LogP contribution in [0, 0.1) is 17.2 Å². The van der Waals surface area contributed by atoms with Gasteiger partial charge in [0.15, 0.2) is 0 Å². The van der Waals surface area contributed by atoms with E-state index in [2.05, 4.69) is 39.4 Å². The van der Waals surface area contributed by atoms with E-state index in [9.17, 15) is 18.5 Å². The number of piperazine rings is 1. The molecular weight excluding hydrogens is 450 g/mol. The molecule has 2 fully saturated rings. The molecule has 0 bridgehead atoms. The van der Waals surface area contributed by atoms with Crippen molar-refractivity contribution in [2.24, 2.45) is 5.92 Å². The third-order valence-corrected chi connectivity index (χ3v) is 8.63. The SMILES string of the molecule is N#Cc1ccccc1S(=O)(=O)N1CCC(C(=O)NCCN2CCN(c3ccccc3)CC2)CC1. The van der Waals surface area contributed by atoms with Gasteiger partial charge in [0, 0.05) is 64.0 Å². The molecule has 2 aliphatic heterocycles. The van der Waals surface area contributed by atoms with Crippen LogP contribution in [-0.4, -0.2) is 75.9 Å². The van der Waals surface area contributed by atoms with Crippen LogP contribution in [0.3, 0.4) is 0 Å². The number of nitriles is 1. The number of hydrogen-bond acceptors (Lipinski definition) is 6. The van der Waals surface area contributed by atoms with Crippen LogP contribution in [0.4, 0.5) is 5.69 Å². The van der Waals surface area contributed by atoms with Gasteiger partial charge in [-0.1, -0.05) is 30.3 Å². The minimum Gasteiger partial charge on any atom is -0.369 e. The number of piperidine rings is 1. The lowest BCUT2D eigenvalue weighted by atomic mass is 9.97. The molecule has 1 N–H and O–H groups in total. The Bertz CT molecular complexity index is 1120. The van der Waals surface area contributed by atoms with E-state index in [4.69, 9.17) is 0 Å². The van der Waals surface area contributed by atoms with E-state index in [1.165, 1.54) is 22.1 Å². The fraction of sp³-hybridized carbons (Fsp3) is 0.440. The third-order valence-electron chi connectivity index (χ3n) is 6.67. The normalized spacial score (nSPS) is 18.4. The van der Waals surface area contributed by atoms with E-state index in [1.54, 1.807) is 12.1 Å². The molecule has 0 radical (unpaired) electrons. The van der Waals surface area contributed by atoms with E-state index < -0.39 is 10.0 Å². The lowest BCUT2D eigenvalue weighted by Gasteiger charge is -2.36. The monoisotopic (exact) mass is 481 g/mol. The molecule has 180 valence electrons. The molecule has 34 heavy (non-hydrogen) atoms. The number of nitrogens with one attached hydrogen (secondary N) is 1. The van der Waals surface area contributed by atoms with Crippen LogP contribution in [0.5, 0.6) is 0 Å². The number of nitrogens with zero attached hydrogens (tertiary/aromatic N) is 4. The Balaban J connectivity index is 1.19. The first kappa shape index (κ1) is 24.2. The molecule has 0 aliphatic carbocycles. The molecule has 9 heteroatoms. The number of para-hydroxylation sites is 1. The Morgan fingerprint density at radius 2 is 1.59 bits per heavy atom. The quantitative estimate of drug-likeness (QED) is 0.649. The number of sulfonamides is 1. The number of hydrogen-bond donors (Lipinski definition) is 1. The number of carbonyl (C=O) groups excluding carboxylic acids is 1. The van der Waals surface area contributed by atoms with Crippen LogP contribution >= 0.6 is 0 Å². The maximum atomic E-state index is 13.0. The smallest absolute Gasteiger partial charge is 0.244 e. The molecule has 1 amide bonds. The molecule has 8 nitrogen and oxygen atoms in total. The standard InChI is InChI=1S/C25H31N5O3S/c26-20-22-6-4-5-9-24(22)34(32,33)30-13-10-21(11-14-30)25(31)27-12-15-28-16-18-29(19-17-28)23-7-2-1-3-8-23/h1-9,21H,10-19H2,(H,27,31). The van der Waals surface area contributed by atoms with Gasteiger partial charge in [-0.2, -0.15) is 9.57 Å². The highest BCUT2D eigenvalue weighted by Gasteiger charge is 2.33. The van der Waals surface area contributed by atoms with E-state index in [-0.39, 0.29) is 35.4 Å². The first-order chi connectivity index (χ1) is 16.5. The Kier molecular flexibility index (Phi) is 7.83. The average Bonchev–Trinajstić information content (AvgIpc) is 2.89. The molecule has 2 heterocycles. The third kappa shape index (κ3) is 5.58. The number of benzene rings is 2. The molecule has 4 rings (SSSR count). The number of rotatable bonds is 7. The van der Waals surface area contributed by atoms with Gasteiger partial charge in [-0.15, -0.1) is 0 Å². The maximum absolute atomic E-state index is 13.0. The van der Waals surface area contributed by atoms with Crippen LogP contribution in [-0.2, 0) is 14.8 Å². The summed E-state index contributed by atoms with van der Waals surface area (Å²) in [5.41, 5.74) is 1.40. The second-order valence-corrected chi connectivity index (χ2v) is 10.6. The van der Waals surface area contributed by atoms with Crippen LogP contribution in [0.25, 0.3) is 0 Å². The summed E-state index contributed by atoms with van der Waals surface area (Å²) in [7, 11) is -3.74. The number of carbonyl (C=O) groups is 1. The fourth-order valence-corrected chi connectivity index (χ4v) is 6.24. The predicted octanol–water partition coefficient (Wildman–Crippen LogP) is 1.90. The van der Waals surface area contributed by atoms with Crippen molar-refractivity contribution in [1.29, 1.82) is 5.26 Å². The molecule has 0 aromatic heterocycles. The average molecular weight is 482 g/mol. The topological polar surface area (TPSA) is 96.8 Å². The number of amides is 1. The molecule has 0 spiro atoms. The van der Waals surface area contributed by atoms with Gasteiger partial charge in [-0.3, -0.25) is 9.69 Å². The largest absolute Gasteiger partial charge is 0.369 e. The van der Waals surface area contributed by atoms with Crippen molar-refractivity contribution in [3.05, 3.63) is 60.2 Å². The van der Waals surface area contributed by atoms with Gasteiger partial charge in [0.1, 0.15) is 6.07 Å². The van der Waals surface area contributed by atoms with Crippen molar-refractivity contribution in [3.8, 4) is 6.07 Å². The Morgan fingerprint density at radius 3 is 2.26 bits per heavy atom. The summed E-state index contributed by atoms with van der Waals surface area (Å²) in [6, 6.07) is 18.6. The van der Waals surface area contributed by atoms with E-state index in [0.29, 0.717) is 19.4 Å². The molecule has 2 aromatic rings. The number of anilines is 1. The van der Waals surface area contributed by atoms with Crippen LogP contribution in [0.15, 0.2) is 59.5 Å². The molecular formula is C25H31N5O3S. The van der Waals surface area contributed by atoms with E-state index >= 15 is 0 Å². The summed E-state index contributed by atoms with van der Waals surface area (Å²) >= 11 is 0. The molecule has 2 saturated heterocycles. The molecule has 0 saturated carbocycles. The van der Waals surface area contributed by atoms with Crippen LogP contribution < -0.4 is 10.2 Å². The Hall–Kier alpha value is -2.93. The maximum Gasteiger partial charge on any atom is 0.244 e. The van der Waals surface area contributed by atoms with E-state index in [0.717, 1.165) is 32.7 Å². The van der Waals surface area contributed by atoms with Gasteiger partial charge in [-0.25, -0.2) is 8.42 Å². The minimum atomic E-state index is -3.74. The lowest BCUT2D eigenvalue weighted by Crippen LogP contribution is -2.49.